The highest BCUT2D eigenvalue weighted by Crippen LogP contribution is 2.34. The molecule has 26 heavy (non-hydrogen) atoms. The number of benzene rings is 2. The molecule has 4 heteroatoms. The Bertz CT molecular complexity index is 793. The fraction of sp³-hybridized carbons (Fsp3) is 0.364. The molecule has 0 N–H and O–H groups in total. The average molecular weight is 348 g/mol. The van der Waals surface area contributed by atoms with Crippen molar-refractivity contribution < 1.29 is 9.53 Å². The summed E-state index contributed by atoms with van der Waals surface area (Å²) in [6.45, 7) is 2.95. The monoisotopic (exact) mass is 348 g/mol. The molecule has 0 bridgehead atoms. The first-order chi connectivity index (χ1) is 12.7. The molecule has 0 fully saturated rings. The predicted octanol–water partition coefficient (Wildman–Crippen LogP) is 4.45. The Kier molecular flexibility index (Phi) is 5.91. The number of amides is 1. The first kappa shape index (κ1) is 18.0. The molecule has 0 spiro atoms. The summed E-state index contributed by atoms with van der Waals surface area (Å²) in [7, 11) is 0. The summed E-state index contributed by atoms with van der Waals surface area (Å²) in [6, 6.07) is 17.9. The lowest BCUT2D eigenvalue weighted by atomic mass is 9.82. The number of aryl methyl sites for hydroxylation is 1. The van der Waals surface area contributed by atoms with Crippen LogP contribution < -0.4 is 9.64 Å². The maximum Gasteiger partial charge on any atom is 0.234 e. The summed E-state index contributed by atoms with van der Waals surface area (Å²) in [4.78, 5) is 15.1. The SMILES string of the molecule is CCOc1ccc(N(CCC#N)C(=O)C2CCCc3ccccc32)cc1. The van der Waals surface area contributed by atoms with Crippen molar-refractivity contribution in [3.63, 3.8) is 0 Å². The molecular weight excluding hydrogens is 324 g/mol. The van der Waals surface area contributed by atoms with Gasteiger partial charge < -0.3 is 9.64 Å². The van der Waals surface area contributed by atoms with Crippen LogP contribution in [0.5, 0.6) is 5.75 Å². The van der Waals surface area contributed by atoms with Gasteiger partial charge in [0.15, 0.2) is 0 Å². The number of ether oxygens (including phenoxy) is 1. The van der Waals surface area contributed by atoms with Crippen LogP contribution in [0.15, 0.2) is 48.5 Å². The smallest absolute Gasteiger partial charge is 0.234 e. The molecule has 1 amide bonds. The molecular formula is C22H24N2O2. The Hall–Kier alpha value is -2.80. The Morgan fingerprint density at radius 1 is 1.23 bits per heavy atom. The molecule has 4 nitrogen and oxygen atoms in total. The zero-order valence-electron chi connectivity index (χ0n) is 15.1. The fourth-order valence-electron chi connectivity index (χ4n) is 3.62. The van der Waals surface area contributed by atoms with Crippen LogP contribution in [0, 0.1) is 11.3 Å². The van der Waals surface area contributed by atoms with Crippen LogP contribution in [0.2, 0.25) is 0 Å². The molecule has 0 saturated carbocycles. The van der Waals surface area contributed by atoms with E-state index < -0.39 is 0 Å². The van der Waals surface area contributed by atoms with Gasteiger partial charge in [-0.1, -0.05) is 24.3 Å². The number of nitrogens with zero attached hydrogens (tertiary/aromatic N) is 2. The number of hydrogen-bond acceptors (Lipinski definition) is 3. The molecule has 1 aliphatic carbocycles. The van der Waals surface area contributed by atoms with E-state index in [1.165, 1.54) is 5.56 Å². The number of nitriles is 1. The number of fused-ring (bicyclic) bond motifs is 1. The second-order valence-corrected chi connectivity index (χ2v) is 6.47. The van der Waals surface area contributed by atoms with Crippen LogP contribution in [-0.4, -0.2) is 19.1 Å². The van der Waals surface area contributed by atoms with Crippen LogP contribution in [0.4, 0.5) is 5.69 Å². The highest BCUT2D eigenvalue weighted by Gasteiger charge is 2.30. The van der Waals surface area contributed by atoms with E-state index in [1.54, 1.807) is 4.90 Å². The van der Waals surface area contributed by atoms with Gasteiger partial charge in [-0.25, -0.2) is 0 Å². The number of hydrogen-bond donors (Lipinski definition) is 0. The van der Waals surface area contributed by atoms with Gasteiger partial charge in [0.2, 0.25) is 5.91 Å². The zero-order chi connectivity index (χ0) is 18.4. The molecule has 0 aromatic heterocycles. The Morgan fingerprint density at radius 2 is 2.00 bits per heavy atom. The number of carbonyl (C=O) groups excluding carboxylic acids is 1. The van der Waals surface area contributed by atoms with Gasteiger partial charge in [-0.3, -0.25) is 4.79 Å². The van der Waals surface area contributed by atoms with Crippen LogP contribution in [-0.2, 0) is 11.2 Å². The van der Waals surface area contributed by atoms with Gasteiger partial charge in [-0.05, 0) is 61.6 Å². The van der Waals surface area contributed by atoms with E-state index in [2.05, 4.69) is 18.2 Å². The normalized spacial score (nSPS) is 15.6. The van der Waals surface area contributed by atoms with E-state index >= 15 is 0 Å². The van der Waals surface area contributed by atoms with Crippen LogP contribution in [0.1, 0.15) is 43.2 Å². The van der Waals surface area contributed by atoms with Crippen LogP contribution >= 0.6 is 0 Å². The lowest BCUT2D eigenvalue weighted by Gasteiger charge is -2.30. The Morgan fingerprint density at radius 3 is 2.73 bits per heavy atom. The summed E-state index contributed by atoms with van der Waals surface area (Å²) in [5.41, 5.74) is 3.22. The van der Waals surface area contributed by atoms with Crippen molar-refractivity contribution in [3.05, 3.63) is 59.7 Å². The largest absolute Gasteiger partial charge is 0.494 e. The minimum Gasteiger partial charge on any atom is -0.494 e. The number of anilines is 1. The van der Waals surface area contributed by atoms with Gasteiger partial charge in [0.05, 0.1) is 25.0 Å². The van der Waals surface area contributed by atoms with E-state index in [4.69, 9.17) is 10.00 Å². The summed E-state index contributed by atoms with van der Waals surface area (Å²) in [5.74, 6) is 0.730. The first-order valence-electron chi connectivity index (χ1n) is 9.23. The Labute approximate surface area is 155 Å². The van der Waals surface area contributed by atoms with Crippen molar-refractivity contribution in [2.75, 3.05) is 18.1 Å². The van der Waals surface area contributed by atoms with Gasteiger partial charge in [0, 0.05) is 12.2 Å². The number of carbonyl (C=O) groups is 1. The lowest BCUT2D eigenvalue weighted by molar-refractivity contribution is -0.120. The highest BCUT2D eigenvalue weighted by atomic mass is 16.5. The molecule has 134 valence electrons. The first-order valence-corrected chi connectivity index (χ1v) is 9.23. The van der Waals surface area contributed by atoms with E-state index in [1.807, 2.05) is 43.3 Å². The fourth-order valence-corrected chi connectivity index (χ4v) is 3.62. The maximum atomic E-state index is 13.4. The van der Waals surface area contributed by atoms with E-state index in [9.17, 15) is 4.79 Å². The van der Waals surface area contributed by atoms with Crippen molar-refractivity contribution in [1.29, 1.82) is 5.26 Å². The van der Waals surface area contributed by atoms with E-state index in [-0.39, 0.29) is 11.8 Å². The number of rotatable bonds is 6. The topological polar surface area (TPSA) is 53.3 Å². The van der Waals surface area contributed by atoms with Crippen molar-refractivity contribution in [2.24, 2.45) is 0 Å². The molecule has 0 heterocycles. The minimum absolute atomic E-state index is 0.0801. The lowest BCUT2D eigenvalue weighted by Crippen LogP contribution is -2.37. The Balaban J connectivity index is 1.88. The van der Waals surface area contributed by atoms with Crippen molar-refractivity contribution in [1.82, 2.24) is 0 Å². The van der Waals surface area contributed by atoms with E-state index in [0.29, 0.717) is 19.6 Å². The summed E-state index contributed by atoms with van der Waals surface area (Å²) in [6.07, 6.45) is 3.22. The quantitative estimate of drug-likeness (QED) is 0.775. The summed E-state index contributed by atoms with van der Waals surface area (Å²) < 4.78 is 5.49. The summed E-state index contributed by atoms with van der Waals surface area (Å²) >= 11 is 0. The average Bonchev–Trinajstić information content (AvgIpc) is 2.69. The molecule has 2 aromatic rings. The molecule has 1 aliphatic rings. The molecule has 0 radical (unpaired) electrons. The van der Waals surface area contributed by atoms with Gasteiger partial charge in [0.25, 0.3) is 0 Å². The highest BCUT2D eigenvalue weighted by molar-refractivity contribution is 5.98. The molecule has 0 saturated heterocycles. The van der Waals surface area contributed by atoms with Crippen molar-refractivity contribution >= 4 is 11.6 Å². The zero-order valence-corrected chi connectivity index (χ0v) is 15.1. The maximum absolute atomic E-state index is 13.4. The third-order valence-corrected chi connectivity index (χ3v) is 4.84. The minimum atomic E-state index is -0.134. The molecule has 0 aliphatic heterocycles. The van der Waals surface area contributed by atoms with Gasteiger partial charge in [-0.2, -0.15) is 5.26 Å². The van der Waals surface area contributed by atoms with Gasteiger partial charge >= 0.3 is 0 Å². The predicted molar refractivity (Wildman–Crippen MR) is 102 cm³/mol. The second-order valence-electron chi connectivity index (χ2n) is 6.47. The van der Waals surface area contributed by atoms with E-state index in [0.717, 1.165) is 36.3 Å². The molecule has 2 aromatic carbocycles. The van der Waals surface area contributed by atoms with Gasteiger partial charge in [-0.15, -0.1) is 0 Å². The third kappa shape index (κ3) is 3.88. The third-order valence-electron chi connectivity index (χ3n) is 4.84. The van der Waals surface area contributed by atoms with Crippen LogP contribution in [0.3, 0.4) is 0 Å². The molecule has 1 atom stereocenters. The summed E-state index contributed by atoms with van der Waals surface area (Å²) in [5, 5.41) is 9.02. The van der Waals surface area contributed by atoms with Gasteiger partial charge in [0.1, 0.15) is 5.75 Å². The second kappa shape index (κ2) is 8.53. The van der Waals surface area contributed by atoms with Crippen molar-refractivity contribution in [3.8, 4) is 11.8 Å². The molecule has 3 rings (SSSR count). The van der Waals surface area contributed by atoms with Crippen LogP contribution in [0.25, 0.3) is 0 Å². The molecule has 1 unspecified atom stereocenters. The standard InChI is InChI=1S/C22H24N2O2/c1-2-26-19-13-11-18(12-14-19)24(16-6-15-23)22(25)21-10-5-8-17-7-3-4-9-20(17)21/h3-4,7,9,11-14,21H,2,5-6,8,10,16H2,1H3. The van der Waals surface area contributed by atoms with Crippen molar-refractivity contribution in [2.45, 2.75) is 38.5 Å².